The molecule has 0 bridgehead atoms. The molecule has 2 amide bonds. The number of hydrogen-bond donors (Lipinski definition) is 2. The monoisotopic (exact) mass is 372 g/mol. The van der Waals surface area contributed by atoms with Crippen molar-refractivity contribution in [1.82, 2.24) is 15.2 Å². The lowest BCUT2D eigenvalue weighted by atomic mass is 9.87. The molecule has 1 aromatic rings. The number of carbonyl (C=O) groups is 2. The third-order valence-electron chi connectivity index (χ3n) is 5.72. The van der Waals surface area contributed by atoms with Crippen LogP contribution in [-0.4, -0.2) is 47.9 Å². The van der Waals surface area contributed by atoms with E-state index in [2.05, 4.69) is 15.6 Å². The summed E-state index contributed by atoms with van der Waals surface area (Å²) in [4.78, 5) is 30.8. The standard InChI is InChI=1S/C21H32N4O2/c26-20-10-9-18(16-25(20)15-17-6-2-1-3-7-17)21(27)24-13-5-12-23-19-8-4-11-22-14-19/h4,8,11,14,17-18,23H,1-3,5-7,9-10,12-13,15-16H2,(H,24,27)/t18-/m0/s1. The fourth-order valence-electron chi connectivity index (χ4n) is 4.13. The molecule has 6 heteroatoms. The number of rotatable bonds is 8. The van der Waals surface area contributed by atoms with Gasteiger partial charge in [-0.05, 0) is 43.7 Å². The van der Waals surface area contributed by atoms with E-state index in [1.54, 1.807) is 12.4 Å². The zero-order valence-corrected chi connectivity index (χ0v) is 16.2. The number of carbonyl (C=O) groups excluding carboxylic acids is 2. The molecule has 1 saturated heterocycles. The first-order valence-corrected chi connectivity index (χ1v) is 10.4. The Labute approximate surface area is 162 Å². The Morgan fingerprint density at radius 2 is 2.04 bits per heavy atom. The maximum Gasteiger partial charge on any atom is 0.224 e. The lowest BCUT2D eigenvalue weighted by molar-refractivity contribution is -0.139. The van der Waals surface area contributed by atoms with Crippen molar-refractivity contribution in [3.8, 4) is 0 Å². The minimum absolute atomic E-state index is 0.0578. The molecule has 6 nitrogen and oxygen atoms in total. The molecule has 0 spiro atoms. The molecule has 1 saturated carbocycles. The van der Waals surface area contributed by atoms with Crippen molar-refractivity contribution in [1.29, 1.82) is 0 Å². The van der Waals surface area contributed by atoms with Crippen molar-refractivity contribution in [2.75, 3.05) is 31.5 Å². The van der Waals surface area contributed by atoms with Crippen LogP contribution in [0.2, 0.25) is 0 Å². The van der Waals surface area contributed by atoms with E-state index in [1.165, 1.54) is 32.1 Å². The molecule has 2 N–H and O–H groups in total. The Morgan fingerprint density at radius 3 is 2.81 bits per heavy atom. The predicted octanol–water partition coefficient (Wildman–Crippen LogP) is 2.82. The number of likely N-dealkylation sites (tertiary alicyclic amines) is 1. The molecule has 0 unspecified atom stereocenters. The lowest BCUT2D eigenvalue weighted by Gasteiger charge is -2.35. The first-order chi connectivity index (χ1) is 13.2. The zero-order chi connectivity index (χ0) is 18.9. The smallest absolute Gasteiger partial charge is 0.224 e. The van der Waals surface area contributed by atoms with Crippen molar-refractivity contribution >= 4 is 17.5 Å². The number of anilines is 1. The topological polar surface area (TPSA) is 74.3 Å². The quantitative estimate of drug-likeness (QED) is 0.688. The van der Waals surface area contributed by atoms with Gasteiger partial charge in [0, 0.05) is 45.0 Å². The second-order valence-corrected chi connectivity index (χ2v) is 7.85. The summed E-state index contributed by atoms with van der Waals surface area (Å²) in [6.07, 6.45) is 11.9. The fraction of sp³-hybridized carbons (Fsp3) is 0.667. The Bertz CT molecular complexity index is 601. The molecular weight excluding hydrogens is 340 g/mol. The highest BCUT2D eigenvalue weighted by Crippen LogP contribution is 2.27. The van der Waals surface area contributed by atoms with Gasteiger partial charge < -0.3 is 15.5 Å². The van der Waals surface area contributed by atoms with E-state index < -0.39 is 0 Å². The van der Waals surface area contributed by atoms with Crippen molar-refractivity contribution < 1.29 is 9.59 Å². The van der Waals surface area contributed by atoms with Gasteiger partial charge in [0.25, 0.3) is 0 Å². The number of nitrogens with one attached hydrogen (secondary N) is 2. The van der Waals surface area contributed by atoms with Crippen LogP contribution in [0, 0.1) is 11.8 Å². The lowest BCUT2D eigenvalue weighted by Crippen LogP contribution is -2.47. The Balaban J connectivity index is 1.35. The van der Waals surface area contributed by atoms with Gasteiger partial charge in [0.1, 0.15) is 0 Å². The Kier molecular flexibility index (Phi) is 7.48. The van der Waals surface area contributed by atoms with E-state index in [0.717, 1.165) is 25.2 Å². The maximum absolute atomic E-state index is 12.5. The van der Waals surface area contributed by atoms with Crippen LogP contribution >= 0.6 is 0 Å². The summed E-state index contributed by atoms with van der Waals surface area (Å²) in [5.74, 6) is 0.892. The molecule has 0 aromatic carbocycles. The molecule has 148 valence electrons. The summed E-state index contributed by atoms with van der Waals surface area (Å²) < 4.78 is 0. The molecule has 2 aliphatic rings. The van der Waals surface area contributed by atoms with Crippen LogP contribution in [0.4, 0.5) is 5.69 Å². The van der Waals surface area contributed by atoms with E-state index in [1.807, 2.05) is 17.0 Å². The molecule has 0 radical (unpaired) electrons. The van der Waals surface area contributed by atoms with E-state index in [0.29, 0.717) is 31.8 Å². The maximum atomic E-state index is 12.5. The average Bonchev–Trinajstić information content (AvgIpc) is 2.71. The van der Waals surface area contributed by atoms with E-state index in [9.17, 15) is 9.59 Å². The normalized spacial score (nSPS) is 21.1. The summed E-state index contributed by atoms with van der Waals surface area (Å²) in [6, 6.07) is 3.87. The summed E-state index contributed by atoms with van der Waals surface area (Å²) in [6.45, 7) is 2.88. The van der Waals surface area contributed by atoms with Crippen LogP contribution in [0.25, 0.3) is 0 Å². The molecule has 2 heterocycles. The highest BCUT2D eigenvalue weighted by molar-refractivity contribution is 5.83. The Morgan fingerprint density at radius 1 is 1.19 bits per heavy atom. The number of pyridine rings is 1. The molecule has 1 aromatic heterocycles. The molecule has 3 rings (SSSR count). The molecule has 27 heavy (non-hydrogen) atoms. The van der Waals surface area contributed by atoms with Gasteiger partial charge >= 0.3 is 0 Å². The largest absolute Gasteiger partial charge is 0.384 e. The van der Waals surface area contributed by atoms with E-state index >= 15 is 0 Å². The minimum Gasteiger partial charge on any atom is -0.384 e. The van der Waals surface area contributed by atoms with Crippen LogP contribution in [0.15, 0.2) is 24.5 Å². The fourth-order valence-corrected chi connectivity index (χ4v) is 4.13. The van der Waals surface area contributed by atoms with Gasteiger partial charge in [-0.25, -0.2) is 0 Å². The van der Waals surface area contributed by atoms with Crippen LogP contribution in [-0.2, 0) is 9.59 Å². The first kappa shape index (κ1) is 19.6. The predicted molar refractivity (Wildman–Crippen MR) is 106 cm³/mol. The third kappa shape index (κ3) is 6.22. The summed E-state index contributed by atoms with van der Waals surface area (Å²) >= 11 is 0. The van der Waals surface area contributed by atoms with Crippen molar-refractivity contribution in [3.63, 3.8) is 0 Å². The summed E-state index contributed by atoms with van der Waals surface area (Å²) in [5.41, 5.74) is 0.993. The van der Waals surface area contributed by atoms with Gasteiger partial charge in [-0.1, -0.05) is 19.3 Å². The highest BCUT2D eigenvalue weighted by atomic mass is 16.2. The number of aromatic nitrogens is 1. The second-order valence-electron chi connectivity index (χ2n) is 7.85. The number of amides is 2. The molecule has 1 atom stereocenters. The van der Waals surface area contributed by atoms with E-state index in [-0.39, 0.29) is 17.7 Å². The zero-order valence-electron chi connectivity index (χ0n) is 16.2. The number of nitrogens with zero attached hydrogens (tertiary/aromatic N) is 2. The van der Waals surface area contributed by atoms with Crippen molar-refractivity contribution in [2.45, 2.75) is 51.4 Å². The van der Waals surface area contributed by atoms with E-state index in [4.69, 9.17) is 0 Å². The van der Waals surface area contributed by atoms with Crippen LogP contribution in [0.3, 0.4) is 0 Å². The highest BCUT2D eigenvalue weighted by Gasteiger charge is 2.31. The van der Waals surface area contributed by atoms with Gasteiger partial charge in [-0.3, -0.25) is 14.6 Å². The van der Waals surface area contributed by atoms with Gasteiger partial charge in [-0.15, -0.1) is 0 Å². The summed E-state index contributed by atoms with van der Waals surface area (Å²) in [7, 11) is 0. The van der Waals surface area contributed by atoms with Crippen molar-refractivity contribution in [2.24, 2.45) is 11.8 Å². The van der Waals surface area contributed by atoms with Crippen LogP contribution < -0.4 is 10.6 Å². The average molecular weight is 373 g/mol. The molecule has 1 aliphatic heterocycles. The molecular formula is C21H32N4O2. The van der Waals surface area contributed by atoms with Gasteiger partial charge in [-0.2, -0.15) is 0 Å². The molecule has 1 aliphatic carbocycles. The first-order valence-electron chi connectivity index (χ1n) is 10.4. The third-order valence-corrected chi connectivity index (χ3v) is 5.72. The minimum atomic E-state index is -0.0578. The number of hydrogen-bond acceptors (Lipinski definition) is 4. The van der Waals surface area contributed by atoms with Crippen LogP contribution in [0.1, 0.15) is 51.4 Å². The SMILES string of the molecule is O=C(NCCCNc1cccnc1)[C@H]1CCC(=O)N(CC2CCCCC2)C1. The number of piperidine rings is 1. The second kappa shape index (κ2) is 10.3. The molecule has 2 fully saturated rings. The van der Waals surface area contributed by atoms with Crippen LogP contribution in [0.5, 0.6) is 0 Å². The van der Waals surface area contributed by atoms with Gasteiger partial charge in [0.15, 0.2) is 0 Å². The van der Waals surface area contributed by atoms with Crippen molar-refractivity contribution in [3.05, 3.63) is 24.5 Å². The van der Waals surface area contributed by atoms with Gasteiger partial charge in [0.05, 0.1) is 11.6 Å². The summed E-state index contributed by atoms with van der Waals surface area (Å²) in [5, 5.41) is 6.33. The van der Waals surface area contributed by atoms with Gasteiger partial charge in [0.2, 0.25) is 11.8 Å². The Hall–Kier alpha value is -2.11.